The molecule has 0 unspecified atom stereocenters. The third-order valence-corrected chi connectivity index (χ3v) is 5.05. The highest BCUT2D eigenvalue weighted by molar-refractivity contribution is 7.13. The van der Waals surface area contributed by atoms with Crippen molar-refractivity contribution in [2.45, 2.75) is 32.2 Å². The fourth-order valence-electron chi connectivity index (χ4n) is 2.64. The Morgan fingerprint density at radius 1 is 1.37 bits per heavy atom. The number of carbonyl (C=O) groups excluding carboxylic acids is 1. The van der Waals surface area contributed by atoms with Gasteiger partial charge < -0.3 is 15.8 Å². The molecular formula is C21H26N6O2S. The van der Waals surface area contributed by atoms with Crippen LogP contribution in [0.15, 0.2) is 36.1 Å². The number of pyridine rings is 1. The summed E-state index contributed by atoms with van der Waals surface area (Å²) in [6.07, 6.45) is 16.2. The van der Waals surface area contributed by atoms with E-state index in [0.717, 1.165) is 48.7 Å². The average Bonchev–Trinajstić information content (AvgIpc) is 3.40. The number of hydrogen-bond acceptors (Lipinski definition) is 7. The first kappa shape index (κ1) is 23.2. The molecule has 30 heavy (non-hydrogen) atoms. The van der Waals surface area contributed by atoms with Crippen LogP contribution >= 0.6 is 11.3 Å². The SMILES string of the molecule is C#C.Cc1cccnc1-c1nc(C(=O)Nc2cn[nH]c2)cs1.N[C@@H]1CCCOCC1. The van der Waals surface area contributed by atoms with Gasteiger partial charge in [0.25, 0.3) is 5.91 Å². The quantitative estimate of drug-likeness (QED) is 0.553. The van der Waals surface area contributed by atoms with E-state index >= 15 is 0 Å². The van der Waals surface area contributed by atoms with Gasteiger partial charge in [0.05, 0.1) is 11.9 Å². The number of aromatic amines is 1. The number of thiazole rings is 1. The van der Waals surface area contributed by atoms with Crippen molar-refractivity contribution in [3.8, 4) is 23.5 Å². The van der Waals surface area contributed by atoms with Crippen molar-refractivity contribution in [1.82, 2.24) is 20.2 Å². The van der Waals surface area contributed by atoms with Crippen LogP contribution < -0.4 is 11.1 Å². The van der Waals surface area contributed by atoms with Crippen LogP contribution in [0.25, 0.3) is 10.7 Å². The van der Waals surface area contributed by atoms with E-state index in [0.29, 0.717) is 17.4 Å². The molecule has 3 aromatic rings. The van der Waals surface area contributed by atoms with Crippen LogP contribution in [0.5, 0.6) is 0 Å². The van der Waals surface area contributed by atoms with Crippen molar-refractivity contribution >= 4 is 22.9 Å². The van der Waals surface area contributed by atoms with Gasteiger partial charge in [0.1, 0.15) is 16.4 Å². The van der Waals surface area contributed by atoms with Gasteiger partial charge in [-0.05, 0) is 37.8 Å². The third kappa shape index (κ3) is 7.08. The molecule has 8 nitrogen and oxygen atoms in total. The zero-order valence-electron chi connectivity index (χ0n) is 16.9. The zero-order valence-corrected chi connectivity index (χ0v) is 17.7. The molecule has 1 aliphatic rings. The second kappa shape index (κ2) is 12.5. The van der Waals surface area contributed by atoms with Crippen LogP contribution in [0.1, 0.15) is 35.3 Å². The number of aromatic nitrogens is 4. The Bertz CT molecular complexity index is 914. The lowest BCUT2D eigenvalue weighted by molar-refractivity contribution is 0.102. The molecule has 0 aromatic carbocycles. The molecule has 0 radical (unpaired) electrons. The Balaban J connectivity index is 0.000000269. The Kier molecular flexibility index (Phi) is 9.67. The number of hydrogen-bond donors (Lipinski definition) is 3. The lowest BCUT2D eigenvalue weighted by Gasteiger charge is -2.02. The predicted molar refractivity (Wildman–Crippen MR) is 119 cm³/mol. The molecule has 158 valence electrons. The molecule has 0 spiro atoms. The molecular weight excluding hydrogens is 400 g/mol. The van der Waals surface area contributed by atoms with Gasteiger partial charge in [-0.3, -0.25) is 14.9 Å². The molecule has 1 fully saturated rings. The van der Waals surface area contributed by atoms with E-state index in [9.17, 15) is 4.79 Å². The molecule has 4 N–H and O–H groups in total. The highest BCUT2D eigenvalue weighted by Crippen LogP contribution is 2.24. The number of carbonyl (C=O) groups is 1. The van der Waals surface area contributed by atoms with Gasteiger partial charge in [-0.1, -0.05) is 6.07 Å². The van der Waals surface area contributed by atoms with Gasteiger partial charge in [-0.25, -0.2) is 4.98 Å². The summed E-state index contributed by atoms with van der Waals surface area (Å²) in [5.74, 6) is -0.262. The number of amides is 1. The highest BCUT2D eigenvalue weighted by Gasteiger charge is 2.14. The summed E-state index contributed by atoms with van der Waals surface area (Å²) in [6.45, 7) is 3.74. The first-order valence-corrected chi connectivity index (χ1v) is 10.4. The molecule has 1 atom stereocenters. The van der Waals surface area contributed by atoms with Gasteiger partial charge in [0.15, 0.2) is 0 Å². The number of aryl methyl sites for hydroxylation is 1. The van der Waals surface area contributed by atoms with Crippen molar-refractivity contribution in [2.24, 2.45) is 5.73 Å². The van der Waals surface area contributed by atoms with Crippen molar-refractivity contribution < 1.29 is 9.53 Å². The molecule has 0 saturated carbocycles. The number of ether oxygens (including phenoxy) is 1. The second-order valence-electron chi connectivity index (χ2n) is 6.45. The summed E-state index contributed by atoms with van der Waals surface area (Å²) in [4.78, 5) is 20.6. The van der Waals surface area contributed by atoms with Crippen LogP contribution in [0.4, 0.5) is 5.69 Å². The minimum Gasteiger partial charge on any atom is -0.381 e. The van der Waals surface area contributed by atoms with Gasteiger partial charge in [0, 0.05) is 37.0 Å². The van der Waals surface area contributed by atoms with Crippen LogP contribution in [0, 0.1) is 19.8 Å². The monoisotopic (exact) mass is 426 g/mol. The first-order chi connectivity index (χ1) is 14.6. The van der Waals surface area contributed by atoms with Crippen LogP contribution in [-0.4, -0.2) is 45.3 Å². The number of nitrogens with zero attached hydrogens (tertiary/aromatic N) is 3. The number of terminal acetylenes is 1. The van der Waals surface area contributed by atoms with Gasteiger partial charge in [-0.2, -0.15) is 5.10 Å². The van der Waals surface area contributed by atoms with Crippen LogP contribution in [0.2, 0.25) is 0 Å². The fraction of sp³-hybridized carbons (Fsp3) is 0.333. The lowest BCUT2D eigenvalue weighted by atomic mass is 10.1. The third-order valence-electron chi connectivity index (χ3n) is 4.20. The smallest absolute Gasteiger partial charge is 0.275 e. The maximum atomic E-state index is 12.0. The molecule has 0 aliphatic carbocycles. The predicted octanol–water partition coefficient (Wildman–Crippen LogP) is 3.25. The number of anilines is 1. The molecule has 1 amide bonds. The van der Waals surface area contributed by atoms with E-state index in [1.165, 1.54) is 17.5 Å². The Morgan fingerprint density at radius 2 is 2.20 bits per heavy atom. The summed E-state index contributed by atoms with van der Waals surface area (Å²) in [6, 6.07) is 4.24. The van der Waals surface area contributed by atoms with E-state index in [4.69, 9.17) is 10.5 Å². The summed E-state index contributed by atoms with van der Waals surface area (Å²) in [7, 11) is 0. The largest absolute Gasteiger partial charge is 0.381 e. The van der Waals surface area contributed by atoms with Crippen molar-refractivity contribution in [3.05, 3.63) is 47.4 Å². The first-order valence-electron chi connectivity index (χ1n) is 9.48. The molecule has 1 saturated heterocycles. The van der Waals surface area contributed by atoms with E-state index in [1.54, 1.807) is 17.8 Å². The molecule has 1 aliphatic heterocycles. The summed E-state index contributed by atoms with van der Waals surface area (Å²) in [5.41, 5.74) is 8.47. The molecule has 4 heterocycles. The van der Waals surface area contributed by atoms with Gasteiger partial charge in [-0.15, -0.1) is 24.2 Å². The number of H-pyrrole nitrogens is 1. The standard InChI is InChI=1S/C13H11N5OS.C6H13NO.C2H2/c1-8-3-2-4-14-11(8)13-18-10(7-20-13)12(19)17-9-5-15-16-6-9;7-6-2-1-4-8-5-3-6;1-2/h2-7H,1H3,(H,15,16)(H,17,19);6H,1-5,7H2;1-2H/t;6-;/m.1./s1. The van der Waals surface area contributed by atoms with Crippen LogP contribution in [-0.2, 0) is 4.74 Å². The molecule has 0 bridgehead atoms. The number of nitrogens with one attached hydrogen (secondary N) is 2. The highest BCUT2D eigenvalue weighted by atomic mass is 32.1. The van der Waals surface area contributed by atoms with E-state index in [2.05, 4.69) is 38.3 Å². The van der Waals surface area contributed by atoms with Crippen molar-refractivity contribution in [3.63, 3.8) is 0 Å². The maximum absolute atomic E-state index is 12.0. The topological polar surface area (TPSA) is 119 Å². The van der Waals surface area contributed by atoms with Crippen molar-refractivity contribution in [1.29, 1.82) is 0 Å². The Hall–Kier alpha value is -3.06. The fourth-order valence-corrected chi connectivity index (χ4v) is 3.50. The molecule has 3 aromatic heterocycles. The minimum absolute atomic E-state index is 0.262. The van der Waals surface area contributed by atoms with Gasteiger partial charge >= 0.3 is 0 Å². The van der Waals surface area contributed by atoms with Crippen molar-refractivity contribution in [2.75, 3.05) is 18.5 Å². The van der Waals surface area contributed by atoms with E-state index in [1.807, 2.05) is 19.1 Å². The molecule has 9 heteroatoms. The van der Waals surface area contributed by atoms with E-state index < -0.39 is 0 Å². The zero-order chi connectivity index (χ0) is 21.8. The van der Waals surface area contributed by atoms with Gasteiger partial charge in [0.2, 0.25) is 0 Å². The summed E-state index contributed by atoms with van der Waals surface area (Å²) in [5, 5.41) is 11.6. The summed E-state index contributed by atoms with van der Waals surface area (Å²) < 4.78 is 5.18. The minimum atomic E-state index is -0.262. The number of nitrogens with two attached hydrogens (primary N) is 1. The Labute approximate surface area is 180 Å². The Morgan fingerprint density at radius 3 is 2.93 bits per heavy atom. The molecule has 4 rings (SSSR count). The maximum Gasteiger partial charge on any atom is 0.275 e. The number of rotatable bonds is 3. The lowest BCUT2D eigenvalue weighted by Crippen LogP contribution is -2.19. The normalized spacial score (nSPS) is 15.5. The average molecular weight is 427 g/mol. The van der Waals surface area contributed by atoms with E-state index in [-0.39, 0.29) is 5.91 Å². The van der Waals surface area contributed by atoms with Crippen LogP contribution in [0.3, 0.4) is 0 Å². The summed E-state index contributed by atoms with van der Waals surface area (Å²) >= 11 is 1.40. The second-order valence-corrected chi connectivity index (χ2v) is 7.31.